The summed E-state index contributed by atoms with van der Waals surface area (Å²) in [6.45, 7) is 5.14. The molecule has 1 aliphatic heterocycles. The lowest BCUT2D eigenvalue weighted by atomic mass is 10.0. The largest absolute Gasteiger partial charge is 0.396 e. The maximum Gasteiger partial charge on any atom is 0.0474 e. The van der Waals surface area contributed by atoms with Crippen LogP contribution in [0.25, 0.3) is 0 Å². The van der Waals surface area contributed by atoms with Crippen LogP contribution in [0, 0.1) is 11.8 Å². The van der Waals surface area contributed by atoms with Crippen LogP contribution >= 0.6 is 0 Å². The fourth-order valence-electron chi connectivity index (χ4n) is 2.21. The Balaban J connectivity index is 1.82. The van der Waals surface area contributed by atoms with Gasteiger partial charge in [-0.15, -0.1) is 0 Å². The molecule has 2 rings (SSSR count). The molecular weight excluding hydrogens is 150 g/mol. The van der Waals surface area contributed by atoms with E-state index in [0.717, 1.165) is 5.92 Å². The Kier molecular flexibility index (Phi) is 2.37. The van der Waals surface area contributed by atoms with Crippen molar-refractivity contribution in [3.05, 3.63) is 0 Å². The van der Waals surface area contributed by atoms with E-state index in [1.807, 2.05) is 0 Å². The first-order valence-electron chi connectivity index (χ1n) is 5.16. The van der Waals surface area contributed by atoms with Crippen molar-refractivity contribution in [2.24, 2.45) is 11.8 Å². The van der Waals surface area contributed by atoms with Crippen molar-refractivity contribution in [3.63, 3.8) is 0 Å². The van der Waals surface area contributed by atoms with Gasteiger partial charge in [0.25, 0.3) is 0 Å². The van der Waals surface area contributed by atoms with Gasteiger partial charge in [0.2, 0.25) is 0 Å². The summed E-state index contributed by atoms with van der Waals surface area (Å²) >= 11 is 0. The van der Waals surface area contributed by atoms with Crippen LogP contribution in [-0.2, 0) is 0 Å². The van der Waals surface area contributed by atoms with Crippen molar-refractivity contribution in [2.75, 3.05) is 19.7 Å². The number of likely N-dealkylation sites (tertiary alicyclic amines) is 1. The molecule has 2 heteroatoms. The van der Waals surface area contributed by atoms with Crippen LogP contribution < -0.4 is 0 Å². The second kappa shape index (κ2) is 3.35. The quantitative estimate of drug-likeness (QED) is 0.684. The van der Waals surface area contributed by atoms with Crippen LogP contribution in [0.3, 0.4) is 0 Å². The van der Waals surface area contributed by atoms with Gasteiger partial charge in [0.1, 0.15) is 0 Å². The molecule has 70 valence electrons. The molecule has 2 nitrogen and oxygen atoms in total. The first-order valence-corrected chi connectivity index (χ1v) is 5.16. The average molecular weight is 169 g/mol. The second-order valence-corrected chi connectivity index (χ2v) is 4.41. The van der Waals surface area contributed by atoms with Gasteiger partial charge >= 0.3 is 0 Å². The Bertz CT molecular complexity index is 156. The summed E-state index contributed by atoms with van der Waals surface area (Å²) in [6.07, 6.45) is 4.07. The molecule has 1 saturated carbocycles. The van der Waals surface area contributed by atoms with Crippen LogP contribution in [0.4, 0.5) is 0 Å². The zero-order chi connectivity index (χ0) is 8.55. The third-order valence-electron chi connectivity index (χ3n) is 3.47. The monoisotopic (exact) mass is 169 g/mol. The van der Waals surface area contributed by atoms with Crippen molar-refractivity contribution in [3.8, 4) is 0 Å². The summed E-state index contributed by atoms with van der Waals surface area (Å²) < 4.78 is 0. The van der Waals surface area contributed by atoms with E-state index < -0.39 is 0 Å². The molecule has 2 unspecified atom stereocenters. The number of nitrogens with zero attached hydrogens (tertiary/aromatic N) is 1. The maximum absolute atomic E-state index is 9.08. The first-order chi connectivity index (χ1) is 5.81. The van der Waals surface area contributed by atoms with Crippen molar-refractivity contribution < 1.29 is 5.11 Å². The third kappa shape index (κ3) is 1.64. The predicted molar refractivity (Wildman–Crippen MR) is 49.0 cm³/mol. The van der Waals surface area contributed by atoms with E-state index in [2.05, 4.69) is 11.8 Å². The summed E-state index contributed by atoms with van der Waals surface area (Å²) in [4.78, 5) is 2.55. The van der Waals surface area contributed by atoms with Gasteiger partial charge in [0.15, 0.2) is 0 Å². The van der Waals surface area contributed by atoms with Crippen molar-refractivity contribution >= 4 is 0 Å². The Morgan fingerprint density at radius 1 is 1.33 bits per heavy atom. The highest BCUT2D eigenvalue weighted by Gasteiger charge is 2.33. The summed E-state index contributed by atoms with van der Waals surface area (Å²) in [6, 6.07) is 0.621. The van der Waals surface area contributed by atoms with Crippen molar-refractivity contribution in [1.29, 1.82) is 0 Å². The zero-order valence-electron chi connectivity index (χ0n) is 7.87. The fourth-order valence-corrected chi connectivity index (χ4v) is 2.21. The third-order valence-corrected chi connectivity index (χ3v) is 3.47. The van der Waals surface area contributed by atoms with Crippen LogP contribution in [0.2, 0.25) is 0 Å². The minimum absolute atomic E-state index is 0.377. The Morgan fingerprint density at radius 3 is 2.58 bits per heavy atom. The zero-order valence-corrected chi connectivity index (χ0v) is 7.87. The predicted octanol–water partition coefficient (Wildman–Crippen LogP) is 1.10. The van der Waals surface area contributed by atoms with Crippen LogP contribution in [0.1, 0.15) is 26.2 Å². The highest BCUT2D eigenvalue weighted by molar-refractivity contribution is 4.87. The number of aliphatic hydroxyl groups is 1. The molecule has 2 atom stereocenters. The molecule has 0 bridgehead atoms. The van der Waals surface area contributed by atoms with Gasteiger partial charge in [0, 0.05) is 19.2 Å². The van der Waals surface area contributed by atoms with E-state index in [4.69, 9.17) is 5.11 Å². The molecule has 1 saturated heterocycles. The van der Waals surface area contributed by atoms with E-state index in [0.29, 0.717) is 18.6 Å². The molecule has 0 aromatic heterocycles. The topological polar surface area (TPSA) is 23.5 Å². The average Bonchev–Trinajstić information content (AvgIpc) is 2.80. The highest BCUT2D eigenvalue weighted by atomic mass is 16.3. The summed E-state index contributed by atoms with van der Waals surface area (Å²) in [7, 11) is 0. The van der Waals surface area contributed by atoms with Gasteiger partial charge < -0.3 is 10.0 Å². The smallest absolute Gasteiger partial charge is 0.0474 e. The molecule has 0 amide bonds. The molecular formula is C10H19NO. The molecule has 1 heterocycles. The van der Waals surface area contributed by atoms with E-state index in [9.17, 15) is 0 Å². The Morgan fingerprint density at radius 2 is 2.08 bits per heavy atom. The normalized spacial score (nSPS) is 37.5. The second-order valence-electron chi connectivity index (χ2n) is 4.41. The van der Waals surface area contributed by atoms with Gasteiger partial charge in [-0.05, 0) is 44.6 Å². The Labute approximate surface area is 74.6 Å². The molecule has 2 fully saturated rings. The van der Waals surface area contributed by atoms with Crippen LogP contribution in [-0.4, -0.2) is 35.7 Å². The minimum atomic E-state index is 0.377. The molecule has 0 aromatic rings. The van der Waals surface area contributed by atoms with E-state index >= 15 is 0 Å². The lowest BCUT2D eigenvalue weighted by molar-refractivity contribution is 0.173. The van der Waals surface area contributed by atoms with Crippen LogP contribution in [0.5, 0.6) is 0 Å². The molecule has 1 N–H and O–H groups in total. The molecule has 12 heavy (non-hydrogen) atoms. The standard InChI is InChI=1S/C10H19NO/c1-8-10(7-12)4-5-11(8)6-9-2-3-9/h8-10,12H,2-7H2,1H3. The lowest BCUT2D eigenvalue weighted by Crippen LogP contribution is -2.32. The molecule has 2 aliphatic rings. The van der Waals surface area contributed by atoms with Crippen molar-refractivity contribution in [1.82, 2.24) is 4.90 Å². The van der Waals surface area contributed by atoms with Crippen LogP contribution in [0.15, 0.2) is 0 Å². The number of hydrogen-bond acceptors (Lipinski definition) is 2. The molecule has 0 aromatic carbocycles. The first kappa shape index (κ1) is 8.52. The number of aliphatic hydroxyl groups excluding tert-OH is 1. The fraction of sp³-hybridized carbons (Fsp3) is 1.00. The lowest BCUT2D eigenvalue weighted by Gasteiger charge is -2.23. The molecule has 1 aliphatic carbocycles. The van der Waals surface area contributed by atoms with Gasteiger partial charge in [0.05, 0.1) is 0 Å². The number of hydrogen-bond donors (Lipinski definition) is 1. The van der Waals surface area contributed by atoms with E-state index in [1.165, 1.54) is 32.4 Å². The van der Waals surface area contributed by atoms with Crippen molar-refractivity contribution in [2.45, 2.75) is 32.2 Å². The van der Waals surface area contributed by atoms with E-state index in [1.54, 1.807) is 0 Å². The molecule has 0 radical (unpaired) electrons. The number of rotatable bonds is 3. The summed E-state index contributed by atoms with van der Waals surface area (Å²) in [5.74, 6) is 1.54. The SMILES string of the molecule is CC1C(CO)CCN1CC1CC1. The minimum Gasteiger partial charge on any atom is -0.396 e. The van der Waals surface area contributed by atoms with Gasteiger partial charge in [-0.1, -0.05) is 0 Å². The molecule has 0 spiro atoms. The Hall–Kier alpha value is -0.0800. The highest BCUT2D eigenvalue weighted by Crippen LogP contribution is 2.33. The maximum atomic E-state index is 9.08. The van der Waals surface area contributed by atoms with Gasteiger partial charge in [-0.25, -0.2) is 0 Å². The van der Waals surface area contributed by atoms with Gasteiger partial charge in [-0.2, -0.15) is 0 Å². The van der Waals surface area contributed by atoms with Gasteiger partial charge in [-0.3, -0.25) is 0 Å². The van der Waals surface area contributed by atoms with E-state index in [-0.39, 0.29) is 0 Å². The summed E-state index contributed by atoms with van der Waals surface area (Å²) in [5.41, 5.74) is 0. The summed E-state index contributed by atoms with van der Waals surface area (Å²) in [5, 5.41) is 9.08.